The van der Waals surface area contributed by atoms with Crippen LogP contribution in [0.4, 0.5) is 5.69 Å². The molecule has 10 heteroatoms. The van der Waals surface area contributed by atoms with Gasteiger partial charge in [0.2, 0.25) is 21.8 Å². The Morgan fingerprint density at radius 3 is 2.10 bits per heavy atom. The predicted octanol–water partition coefficient (Wildman–Crippen LogP) is 4.67. The van der Waals surface area contributed by atoms with E-state index in [2.05, 4.69) is 5.32 Å². The lowest BCUT2D eigenvalue weighted by Crippen LogP contribution is -2.54. The van der Waals surface area contributed by atoms with Crippen molar-refractivity contribution in [1.29, 1.82) is 0 Å². The third-order valence-electron chi connectivity index (χ3n) is 6.57. The quantitative estimate of drug-likeness (QED) is 0.314. The van der Waals surface area contributed by atoms with E-state index in [0.29, 0.717) is 5.75 Å². The number of hydrogen-bond acceptors (Lipinski definition) is 5. The van der Waals surface area contributed by atoms with E-state index in [1.165, 1.54) is 24.1 Å². The molecule has 2 atom stereocenters. The number of amides is 2. The highest BCUT2D eigenvalue weighted by Crippen LogP contribution is 2.30. The van der Waals surface area contributed by atoms with E-state index in [1.54, 1.807) is 6.07 Å². The fourth-order valence-corrected chi connectivity index (χ4v) is 5.29. The largest absolute Gasteiger partial charge is 0.495 e. The van der Waals surface area contributed by atoms with Crippen LogP contribution < -0.4 is 14.4 Å². The second kappa shape index (κ2) is 14.2. The van der Waals surface area contributed by atoms with Gasteiger partial charge in [0.05, 0.1) is 24.1 Å². The first-order chi connectivity index (χ1) is 19.0. The molecule has 3 rings (SSSR count). The summed E-state index contributed by atoms with van der Waals surface area (Å²) in [4.78, 5) is 29.2. The Morgan fingerprint density at radius 1 is 0.975 bits per heavy atom. The summed E-state index contributed by atoms with van der Waals surface area (Å²) in [6, 6.07) is 22.3. The Morgan fingerprint density at radius 2 is 1.57 bits per heavy atom. The van der Waals surface area contributed by atoms with Gasteiger partial charge in [0.25, 0.3) is 0 Å². The summed E-state index contributed by atoms with van der Waals surface area (Å²) < 4.78 is 32.0. The first-order valence-corrected chi connectivity index (χ1v) is 15.2. The van der Waals surface area contributed by atoms with Gasteiger partial charge in [-0.25, -0.2) is 8.42 Å². The number of carbonyl (C=O) groups is 2. The van der Waals surface area contributed by atoms with Crippen LogP contribution in [0.15, 0.2) is 78.9 Å². The van der Waals surface area contributed by atoms with E-state index < -0.39 is 28.5 Å². The lowest BCUT2D eigenvalue weighted by molar-refractivity contribution is -0.140. The number of sulfonamides is 1. The van der Waals surface area contributed by atoms with Crippen molar-refractivity contribution in [2.45, 2.75) is 45.3 Å². The molecule has 0 bridgehead atoms. The average molecular weight is 586 g/mol. The molecule has 2 amide bonds. The molecule has 0 aromatic heterocycles. The van der Waals surface area contributed by atoms with Crippen LogP contribution in [-0.2, 0) is 32.6 Å². The number of anilines is 1. The molecule has 1 N–H and O–H groups in total. The summed E-state index contributed by atoms with van der Waals surface area (Å²) in [7, 11) is -2.44. The van der Waals surface area contributed by atoms with E-state index in [9.17, 15) is 18.0 Å². The monoisotopic (exact) mass is 585 g/mol. The van der Waals surface area contributed by atoms with Crippen LogP contribution in [0, 0.1) is 0 Å². The lowest BCUT2D eigenvalue weighted by atomic mass is 10.0. The maximum Gasteiger partial charge on any atom is 0.244 e. The molecule has 0 saturated heterocycles. The molecule has 3 aromatic rings. The van der Waals surface area contributed by atoms with Crippen molar-refractivity contribution < 1.29 is 22.7 Å². The van der Waals surface area contributed by atoms with Gasteiger partial charge in [0.15, 0.2) is 0 Å². The average Bonchev–Trinajstić information content (AvgIpc) is 2.93. The molecule has 214 valence electrons. The number of hydrogen-bond donors (Lipinski definition) is 1. The molecule has 8 nitrogen and oxygen atoms in total. The van der Waals surface area contributed by atoms with Crippen LogP contribution in [-0.4, -0.2) is 57.1 Å². The van der Waals surface area contributed by atoms with Gasteiger partial charge in [0.1, 0.15) is 18.3 Å². The molecule has 3 aromatic carbocycles. The van der Waals surface area contributed by atoms with Crippen molar-refractivity contribution in [2.24, 2.45) is 0 Å². The van der Waals surface area contributed by atoms with Crippen molar-refractivity contribution >= 4 is 39.1 Å². The van der Waals surface area contributed by atoms with Crippen molar-refractivity contribution in [3.63, 3.8) is 0 Å². The van der Waals surface area contributed by atoms with Gasteiger partial charge in [-0.15, -0.1) is 0 Å². The second-order valence-corrected chi connectivity index (χ2v) is 11.9. The highest BCUT2D eigenvalue weighted by molar-refractivity contribution is 7.92. The zero-order chi connectivity index (χ0) is 29.3. The number of nitrogens with one attached hydrogen (secondary N) is 1. The number of methoxy groups -OCH3 is 1. The van der Waals surface area contributed by atoms with E-state index in [0.717, 1.165) is 28.1 Å². The molecule has 0 unspecified atom stereocenters. The van der Waals surface area contributed by atoms with Gasteiger partial charge < -0.3 is 15.0 Å². The standard InChI is InChI=1S/C30H36ClN3O5S/c1-5-22(2)32-30(36)27(18-23-12-8-6-9-13-23)33(20-24-14-10-7-11-15-24)29(35)21-34(40(4,37)38)25-16-17-28(39-3)26(31)19-25/h6-17,19,22,27H,5,18,20-21H2,1-4H3,(H,32,36)/t22-,27-/m1/s1. The van der Waals surface area contributed by atoms with Gasteiger partial charge >= 0.3 is 0 Å². The number of halogens is 1. The minimum Gasteiger partial charge on any atom is -0.495 e. The first-order valence-electron chi connectivity index (χ1n) is 13.0. The number of rotatable bonds is 13. The Hall–Kier alpha value is -3.56. The Bertz CT molecular complexity index is 1390. The summed E-state index contributed by atoms with van der Waals surface area (Å²) in [6.45, 7) is 3.47. The Kier molecular flexibility index (Phi) is 11.0. The maximum atomic E-state index is 14.1. The van der Waals surface area contributed by atoms with Gasteiger partial charge in [-0.1, -0.05) is 79.2 Å². The number of benzene rings is 3. The van der Waals surface area contributed by atoms with E-state index in [1.807, 2.05) is 74.5 Å². The van der Waals surface area contributed by atoms with Crippen LogP contribution >= 0.6 is 11.6 Å². The number of carbonyl (C=O) groups excluding carboxylic acids is 2. The normalized spacial score (nSPS) is 12.7. The minimum absolute atomic E-state index is 0.103. The molecule has 40 heavy (non-hydrogen) atoms. The van der Waals surface area contributed by atoms with E-state index >= 15 is 0 Å². The molecule has 0 aliphatic heterocycles. The molecular formula is C30H36ClN3O5S. The molecule has 0 heterocycles. The summed E-state index contributed by atoms with van der Waals surface area (Å²) >= 11 is 6.28. The zero-order valence-electron chi connectivity index (χ0n) is 23.2. The lowest BCUT2D eigenvalue weighted by Gasteiger charge is -2.34. The van der Waals surface area contributed by atoms with Crippen molar-refractivity contribution in [3.05, 3.63) is 95.0 Å². The fourth-order valence-electron chi connectivity index (χ4n) is 4.20. The van der Waals surface area contributed by atoms with Crippen LogP contribution in [0.5, 0.6) is 5.75 Å². The summed E-state index contributed by atoms with van der Waals surface area (Å²) in [5.74, 6) is -0.456. The molecule has 0 fully saturated rings. The van der Waals surface area contributed by atoms with Crippen molar-refractivity contribution in [2.75, 3.05) is 24.2 Å². The smallest absolute Gasteiger partial charge is 0.244 e. The minimum atomic E-state index is -3.90. The van der Waals surface area contributed by atoms with Gasteiger partial charge in [0, 0.05) is 19.0 Å². The summed E-state index contributed by atoms with van der Waals surface area (Å²) in [5, 5.41) is 3.22. The molecule has 0 saturated carbocycles. The van der Waals surface area contributed by atoms with Gasteiger partial charge in [-0.3, -0.25) is 13.9 Å². The fraction of sp³-hybridized carbons (Fsp3) is 0.333. The van der Waals surface area contributed by atoms with Gasteiger partial charge in [-0.05, 0) is 42.7 Å². The highest BCUT2D eigenvalue weighted by Gasteiger charge is 2.33. The van der Waals surface area contributed by atoms with Crippen LogP contribution in [0.1, 0.15) is 31.4 Å². The van der Waals surface area contributed by atoms with E-state index in [-0.39, 0.29) is 35.6 Å². The molecule has 0 radical (unpaired) electrons. The highest BCUT2D eigenvalue weighted by atomic mass is 35.5. The number of ether oxygens (including phenoxy) is 1. The van der Waals surface area contributed by atoms with Gasteiger partial charge in [-0.2, -0.15) is 0 Å². The summed E-state index contributed by atoms with van der Waals surface area (Å²) in [6.07, 6.45) is 2.00. The van der Waals surface area contributed by atoms with Crippen LogP contribution in [0.3, 0.4) is 0 Å². The third kappa shape index (κ3) is 8.47. The third-order valence-corrected chi connectivity index (χ3v) is 8.01. The molecule has 0 aliphatic rings. The van der Waals surface area contributed by atoms with Crippen LogP contribution in [0.2, 0.25) is 5.02 Å². The van der Waals surface area contributed by atoms with Crippen molar-refractivity contribution in [3.8, 4) is 5.75 Å². The summed E-state index contributed by atoms with van der Waals surface area (Å²) in [5.41, 5.74) is 1.90. The topological polar surface area (TPSA) is 96.0 Å². The SMILES string of the molecule is CC[C@@H](C)NC(=O)[C@@H](Cc1ccccc1)N(Cc1ccccc1)C(=O)CN(c1ccc(OC)c(Cl)c1)S(C)(=O)=O. The van der Waals surface area contributed by atoms with Crippen LogP contribution in [0.25, 0.3) is 0 Å². The Balaban J connectivity index is 2.05. The van der Waals surface area contributed by atoms with E-state index in [4.69, 9.17) is 16.3 Å². The number of nitrogens with zero attached hydrogens (tertiary/aromatic N) is 2. The Labute approximate surface area is 241 Å². The molecule has 0 aliphatic carbocycles. The first kappa shape index (κ1) is 31.0. The predicted molar refractivity (Wildman–Crippen MR) is 159 cm³/mol. The zero-order valence-corrected chi connectivity index (χ0v) is 24.8. The van der Waals surface area contributed by atoms with Crippen molar-refractivity contribution in [1.82, 2.24) is 10.2 Å². The molecule has 0 spiro atoms. The maximum absolute atomic E-state index is 14.1. The second-order valence-electron chi connectivity index (χ2n) is 9.62. The molecular weight excluding hydrogens is 550 g/mol.